The Morgan fingerprint density at radius 2 is 1.96 bits per heavy atom. The van der Waals surface area contributed by atoms with Gasteiger partial charge in [-0.1, -0.05) is 24.3 Å². The molecule has 2 aliphatic rings. The Morgan fingerprint density at radius 1 is 1.12 bits per heavy atom. The number of ether oxygens (including phenoxy) is 1. The molecule has 0 N–H and O–H groups in total. The van der Waals surface area contributed by atoms with Crippen molar-refractivity contribution in [1.29, 1.82) is 0 Å². The maximum absolute atomic E-state index is 12.4. The highest BCUT2D eigenvalue weighted by Gasteiger charge is 2.49. The summed E-state index contributed by atoms with van der Waals surface area (Å²) >= 11 is 0. The Labute approximate surface area is 145 Å². The van der Waals surface area contributed by atoms with Crippen LogP contribution < -0.4 is 4.31 Å². The summed E-state index contributed by atoms with van der Waals surface area (Å²) in [5.41, 5.74) is 3.67. The molecule has 0 amide bonds. The van der Waals surface area contributed by atoms with Crippen molar-refractivity contribution in [1.82, 2.24) is 0 Å². The SMILES string of the molecule is CS(=O)(=O)N1c2ccccc2[C@@H]2C[C@@H](c3ccc4occc4c3)O[C@@H]21. The Bertz CT molecular complexity index is 1070. The van der Waals surface area contributed by atoms with E-state index in [0.29, 0.717) is 0 Å². The molecule has 2 aliphatic heterocycles. The van der Waals surface area contributed by atoms with Crippen molar-refractivity contribution in [3.63, 3.8) is 0 Å². The normalized spacial score (nSPS) is 25.3. The molecule has 3 heterocycles. The lowest BCUT2D eigenvalue weighted by Gasteiger charge is -2.25. The number of nitrogens with zero attached hydrogens (tertiary/aromatic N) is 1. The molecule has 3 aromatic rings. The number of para-hydroxylation sites is 1. The van der Waals surface area contributed by atoms with Gasteiger partial charge in [-0.3, -0.25) is 0 Å². The number of hydrogen-bond donors (Lipinski definition) is 0. The Kier molecular flexibility index (Phi) is 3.05. The van der Waals surface area contributed by atoms with E-state index in [2.05, 4.69) is 6.07 Å². The molecule has 2 aromatic carbocycles. The fourth-order valence-corrected chi connectivity index (χ4v) is 5.17. The van der Waals surface area contributed by atoms with E-state index < -0.39 is 16.3 Å². The van der Waals surface area contributed by atoms with E-state index in [9.17, 15) is 8.42 Å². The fraction of sp³-hybridized carbons (Fsp3) is 0.263. The van der Waals surface area contributed by atoms with Gasteiger partial charge in [0.15, 0.2) is 6.23 Å². The fourth-order valence-electron chi connectivity index (χ4n) is 4.07. The predicted molar refractivity (Wildman–Crippen MR) is 95.0 cm³/mol. The molecule has 1 aromatic heterocycles. The van der Waals surface area contributed by atoms with E-state index in [1.807, 2.05) is 42.5 Å². The number of benzene rings is 2. The molecule has 1 saturated heterocycles. The van der Waals surface area contributed by atoms with Crippen LogP contribution in [0.4, 0.5) is 5.69 Å². The maximum atomic E-state index is 12.4. The number of furan rings is 1. The van der Waals surface area contributed by atoms with E-state index in [-0.39, 0.29) is 12.0 Å². The van der Waals surface area contributed by atoms with Crippen LogP contribution in [0.15, 0.2) is 59.2 Å². The first-order chi connectivity index (χ1) is 12.0. The van der Waals surface area contributed by atoms with Crippen molar-refractivity contribution >= 4 is 26.7 Å². The second kappa shape index (κ2) is 5.09. The summed E-state index contributed by atoms with van der Waals surface area (Å²) in [7, 11) is -3.41. The Morgan fingerprint density at radius 3 is 2.80 bits per heavy atom. The van der Waals surface area contributed by atoms with Crippen LogP contribution in [0, 0.1) is 0 Å². The smallest absolute Gasteiger partial charge is 0.234 e. The molecule has 25 heavy (non-hydrogen) atoms. The van der Waals surface area contributed by atoms with Crippen LogP contribution in [0.3, 0.4) is 0 Å². The quantitative estimate of drug-likeness (QED) is 0.702. The summed E-state index contributed by atoms with van der Waals surface area (Å²) in [4.78, 5) is 0. The third-order valence-electron chi connectivity index (χ3n) is 5.13. The first-order valence-electron chi connectivity index (χ1n) is 8.23. The largest absolute Gasteiger partial charge is 0.464 e. The van der Waals surface area contributed by atoms with Crippen molar-refractivity contribution in [3.05, 3.63) is 65.9 Å². The minimum atomic E-state index is -3.41. The van der Waals surface area contributed by atoms with Crippen LogP contribution in [0.25, 0.3) is 11.0 Å². The standard InChI is InChI=1S/C19H17NO4S/c1-25(21,22)20-16-5-3-2-4-14(16)15-11-18(24-19(15)20)12-6-7-17-13(10-12)8-9-23-17/h2-10,15,18-19H,11H2,1H3/t15-,18-,19-/m0/s1. The first kappa shape index (κ1) is 15.0. The van der Waals surface area contributed by atoms with Crippen LogP contribution >= 0.6 is 0 Å². The van der Waals surface area contributed by atoms with Crippen LogP contribution in [-0.2, 0) is 14.8 Å². The molecule has 0 spiro atoms. The number of fused-ring (bicyclic) bond motifs is 4. The van der Waals surface area contributed by atoms with Gasteiger partial charge in [-0.15, -0.1) is 0 Å². The summed E-state index contributed by atoms with van der Waals surface area (Å²) in [5.74, 6) is 0.0518. The number of sulfonamides is 1. The van der Waals surface area contributed by atoms with Crippen molar-refractivity contribution in [2.75, 3.05) is 10.6 Å². The van der Waals surface area contributed by atoms with Gasteiger partial charge in [0.25, 0.3) is 0 Å². The van der Waals surface area contributed by atoms with Gasteiger partial charge in [-0.2, -0.15) is 0 Å². The van der Waals surface area contributed by atoms with Crippen LogP contribution in [-0.4, -0.2) is 20.9 Å². The molecule has 128 valence electrons. The zero-order chi connectivity index (χ0) is 17.2. The molecule has 5 nitrogen and oxygen atoms in total. The summed E-state index contributed by atoms with van der Waals surface area (Å²) in [6.45, 7) is 0. The van der Waals surface area contributed by atoms with E-state index >= 15 is 0 Å². The molecule has 0 bridgehead atoms. The van der Waals surface area contributed by atoms with Gasteiger partial charge in [-0.05, 0) is 41.8 Å². The van der Waals surface area contributed by atoms with Crippen LogP contribution in [0.2, 0.25) is 0 Å². The third-order valence-corrected chi connectivity index (χ3v) is 6.25. The lowest BCUT2D eigenvalue weighted by Crippen LogP contribution is -2.37. The van der Waals surface area contributed by atoms with Crippen molar-refractivity contribution in [2.24, 2.45) is 0 Å². The topological polar surface area (TPSA) is 59.8 Å². The molecule has 1 fully saturated rings. The summed E-state index contributed by atoms with van der Waals surface area (Å²) < 4.78 is 37.8. The average molecular weight is 355 g/mol. The maximum Gasteiger partial charge on any atom is 0.234 e. The van der Waals surface area contributed by atoms with Crippen molar-refractivity contribution in [3.8, 4) is 0 Å². The van der Waals surface area contributed by atoms with Gasteiger partial charge in [0.05, 0.1) is 24.3 Å². The average Bonchev–Trinajstić information content (AvgIpc) is 3.26. The van der Waals surface area contributed by atoms with Gasteiger partial charge in [0.2, 0.25) is 10.0 Å². The van der Waals surface area contributed by atoms with E-state index in [1.165, 1.54) is 10.6 Å². The summed E-state index contributed by atoms with van der Waals surface area (Å²) in [6.07, 6.45) is 3.06. The van der Waals surface area contributed by atoms with Crippen LogP contribution in [0.5, 0.6) is 0 Å². The van der Waals surface area contributed by atoms with E-state index in [0.717, 1.165) is 34.2 Å². The van der Waals surface area contributed by atoms with E-state index in [4.69, 9.17) is 9.15 Å². The Hall–Kier alpha value is -2.31. The van der Waals surface area contributed by atoms with Crippen molar-refractivity contribution < 1.29 is 17.6 Å². The molecule has 0 aliphatic carbocycles. The molecule has 0 saturated carbocycles. The molecule has 6 heteroatoms. The number of rotatable bonds is 2. The second-order valence-electron chi connectivity index (χ2n) is 6.69. The van der Waals surface area contributed by atoms with E-state index in [1.54, 1.807) is 6.26 Å². The minimum Gasteiger partial charge on any atom is -0.464 e. The lowest BCUT2D eigenvalue weighted by atomic mass is 9.94. The molecule has 0 radical (unpaired) electrons. The summed E-state index contributed by atoms with van der Waals surface area (Å²) in [5, 5.41) is 1.03. The first-order valence-corrected chi connectivity index (χ1v) is 10.1. The minimum absolute atomic E-state index is 0.0518. The molecular formula is C19H17NO4S. The second-order valence-corrected chi connectivity index (χ2v) is 8.55. The highest BCUT2D eigenvalue weighted by Crippen LogP contribution is 2.53. The number of hydrogen-bond acceptors (Lipinski definition) is 4. The van der Waals surface area contributed by atoms with Gasteiger partial charge in [0.1, 0.15) is 5.58 Å². The monoisotopic (exact) mass is 355 g/mol. The van der Waals surface area contributed by atoms with Gasteiger partial charge in [-0.25, -0.2) is 12.7 Å². The predicted octanol–water partition coefficient (Wildman–Crippen LogP) is 3.78. The molecule has 0 unspecified atom stereocenters. The molecule has 5 rings (SSSR count). The van der Waals surface area contributed by atoms with Gasteiger partial charge >= 0.3 is 0 Å². The Balaban J connectivity index is 1.56. The number of anilines is 1. The van der Waals surface area contributed by atoms with Gasteiger partial charge < -0.3 is 9.15 Å². The lowest BCUT2D eigenvalue weighted by molar-refractivity contribution is 0.0512. The van der Waals surface area contributed by atoms with Crippen molar-refractivity contribution in [2.45, 2.75) is 24.7 Å². The highest BCUT2D eigenvalue weighted by atomic mass is 32.2. The highest BCUT2D eigenvalue weighted by molar-refractivity contribution is 7.92. The molecular weight excluding hydrogens is 338 g/mol. The summed E-state index contributed by atoms with van der Waals surface area (Å²) in [6, 6.07) is 15.6. The zero-order valence-corrected chi connectivity index (χ0v) is 14.4. The zero-order valence-electron chi connectivity index (χ0n) is 13.6. The third kappa shape index (κ3) is 2.21. The van der Waals surface area contributed by atoms with Crippen LogP contribution in [0.1, 0.15) is 29.6 Å². The molecule has 3 atom stereocenters. The van der Waals surface area contributed by atoms with Gasteiger partial charge in [0, 0.05) is 11.3 Å².